The third-order valence-electron chi connectivity index (χ3n) is 4.09. The van der Waals surface area contributed by atoms with Crippen LogP contribution in [-0.2, 0) is 0 Å². The topological polar surface area (TPSA) is 15.3 Å². The summed E-state index contributed by atoms with van der Waals surface area (Å²) in [5, 5.41) is 3.72. The highest BCUT2D eigenvalue weighted by molar-refractivity contribution is 4.80. The summed E-state index contributed by atoms with van der Waals surface area (Å²) in [6.45, 7) is 12.7. The van der Waals surface area contributed by atoms with E-state index in [1.54, 1.807) is 0 Å². The summed E-state index contributed by atoms with van der Waals surface area (Å²) < 4.78 is 0. The van der Waals surface area contributed by atoms with Gasteiger partial charge in [-0.15, -0.1) is 0 Å². The first kappa shape index (κ1) is 14.0. The van der Waals surface area contributed by atoms with Gasteiger partial charge in [-0.1, -0.05) is 20.3 Å². The summed E-state index contributed by atoms with van der Waals surface area (Å²) in [6, 6.07) is 1.48. The molecule has 2 heteroatoms. The van der Waals surface area contributed by atoms with E-state index in [9.17, 15) is 0 Å². The maximum absolute atomic E-state index is 3.72. The maximum Gasteiger partial charge on any atom is 0.0110 e. The fourth-order valence-corrected chi connectivity index (χ4v) is 2.82. The normalized spacial score (nSPS) is 25.9. The molecular weight excluding hydrogens is 196 g/mol. The molecular formula is C14H30N2. The second-order valence-electron chi connectivity index (χ2n) is 5.46. The first-order valence-corrected chi connectivity index (χ1v) is 7.14. The summed E-state index contributed by atoms with van der Waals surface area (Å²) in [7, 11) is 0. The predicted octanol–water partition coefficient (Wildman–Crippen LogP) is 2.89. The average molecular weight is 226 g/mol. The Balaban J connectivity index is 2.11. The third-order valence-corrected chi connectivity index (χ3v) is 4.09. The Bertz CT molecular complexity index is 180. The van der Waals surface area contributed by atoms with Crippen molar-refractivity contribution in [3.05, 3.63) is 0 Å². The van der Waals surface area contributed by atoms with Gasteiger partial charge in [0, 0.05) is 25.2 Å². The van der Waals surface area contributed by atoms with Crippen molar-refractivity contribution in [3.63, 3.8) is 0 Å². The highest BCUT2D eigenvalue weighted by Gasteiger charge is 2.22. The van der Waals surface area contributed by atoms with Crippen LogP contribution in [0.3, 0.4) is 0 Å². The summed E-state index contributed by atoms with van der Waals surface area (Å²) in [5.74, 6) is 0.991. The van der Waals surface area contributed by atoms with Crippen LogP contribution in [0.25, 0.3) is 0 Å². The molecule has 0 amide bonds. The molecule has 1 fully saturated rings. The van der Waals surface area contributed by atoms with Crippen LogP contribution in [0.4, 0.5) is 0 Å². The smallest absolute Gasteiger partial charge is 0.0110 e. The Hall–Kier alpha value is -0.0800. The van der Waals surface area contributed by atoms with Gasteiger partial charge >= 0.3 is 0 Å². The molecule has 0 spiro atoms. The van der Waals surface area contributed by atoms with Crippen molar-refractivity contribution >= 4 is 0 Å². The quantitative estimate of drug-likeness (QED) is 0.718. The number of nitrogens with one attached hydrogen (secondary N) is 1. The third kappa shape index (κ3) is 4.42. The zero-order valence-electron chi connectivity index (χ0n) is 11.6. The Labute approximate surface area is 102 Å². The molecule has 0 saturated heterocycles. The largest absolute Gasteiger partial charge is 0.313 e. The zero-order valence-corrected chi connectivity index (χ0v) is 11.6. The van der Waals surface area contributed by atoms with Crippen LogP contribution in [0.2, 0.25) is 0 Å². The Morgan fingerprint density at radius 1 is 1.25 bits per heavy atom. The van der Waals surface area contributed by atoms with Gasteiger partial charge in [0.15, 0.2) is 0 Å². The Kier molecular flexibility index (Phi) is 6.37. The van der Waals surface area contributed by atoms with Crippen LogP contribution >= 0.6 is 0 Å². The molecule has 1 saturated carbocycles. The van der Waals surface area contributed by atoms with Crippen LogP contribution in [0.15, 0.2) is 0 Å². The fraction of sp³-hybridized carbons (Fsp3) is 1.00. The van der Waals surface area contributed by atoms with E-state index in [1.165, 1.54) is 38.8 Å². The van der Waals surface area contributed by atoms with Gasteiger partial charge in [0.25, 0.3) is 0 Å². The lowest BCUT2D eigenvalue weighted by atomic mass is 10.1. The number of likely N-dealkylation sites (N-methyl/N-ethyl adjacent to an activating group) is 1. The first-order valence-electron chi connectivity index (χ1n) is 7.14. The van der Waals surface area contributed by atoms with E-state index < -0.39 is 0 Å². The monoisotopic (exact) mass is 226 g/mol. The molecule has 1 rings (SSSR count). The second kappa shape index (κ2) is 7.29. The van der Waals surface area contributed by atoms with Crippen LogP contribution in [0, 0.1) is 5.92 Å². The van der Waals surface area contributed by atoms with E-state index in [0.717, 1.165) is 18.5 Å². The zero-order chi connectivity index (χ0) is 12.0. The van der Waals surface area contributed by atoms with Crippen molar-refractivity contribution in [2.24, 2.45) is 5.92 Å². The van der Waals surface area contributed by atoms with E-state index in [0.29, 0.717) is 6.04 Å². The molecule has 2 unspecified atom stereocenters. The molecule has 2 nitrogen and oxygen atoms in total. The molecule has 1 aliphatic rings. The van der Waals surface area contributed by atoms with Crippen LogP contribution in [-0.4, -0.2) is 36.6 Å². The standard InChI is InChI=1S/C14H30N2/c1-5-13-7-8-14(11-13)15-9-10-16(6-2)12(3)4/h12-15H,5-11H2,1-4H3. The van der Waals surface area contributed by atoms with E-state index in [-0.39, 0.29) is 0 Å². The van der Waals surface area contributed by atoms with Gasteiger partial charge in [0.05, 0.1) is 0 Å². The molecule has 0 bridgehead atoms. The van der Waals surface area contributed by atoms with E-state index >= 15 is 0 Å². The molecule has 96 valence electrons. The molecule has 16 heavy (non-hydrogen) atoms. The number of hydrogen-bond acceptors (Lipinski definition) is 2. The van der Waals surface area contributed by atoms with E-state index in [4.69, 9.17) is 0 Å². The van der Waals surface area contributed by atoms with Crippen molar-refractivity contribution in [3.8, 4) is 0 Å². The number of rotatable bonds is 7. The average Bonchev–Trinajstić information content (AvgIpc) is 2.71. The highest BCUT2D eigenvalue weighted by Crippen LogP contribution is 2.27. The van der Waals surface area contributed by atoms with Gasteiger partial charge in [-0.05, 0) is 45.6 Å². The molecule has 0 aromatic rings. The van der Waals surface area contributed by atoms with Gasteiger partial charge in [0.1, 0.15) is 0 Å². The molecule has 0 aromatic carbocycles. The Morgan fingerprint density at radius 3 is 2.50 bits per heavy atom. The minimum Gasteiger partial charge on any atom is -0.313 e. The molecule has 1 N–H and O–H groups in total. The van der Waals surface area contributed by atoms with E-state index in [1.807, 2.05) is 0 Å². The molecule has 1 aliphatic carbocycles. The minimum absolute atomic E-state index is 0.679. The van der Waals surface area contributed by atoms with Crippen LogP contribution in [0.1, 0.15) is 53.4 Å². The lowest BCUT2D eigenvalue weighted by Gasteiger charge is -2.25. The predicted molar refractivity (Wildman–Crippen MR) is 71.8 cm³/mol. The van der Waals surface area contributed by atoms with Crippen molar-refractivity contribution in [1.82, 2.24) is 10.2 Å². The van der Waals surface area contributed by atoms with Gasteiger partial charge in [-0.2, -0.15) is 0 Å². The number of hydrogen-bond donors (Lipinski definition) is 1. The van der Waals surface area contributed by atoms with E-state index in [2.05, 4.69) is 37.9 Å². The summed E-state index contributed by atoms with van der Waals surface area (Å²) in [4.78, 5) is 2.53. The van der Waals surface area contributed by atoms with Gasteiger partial charge < -0.3 is 5.32 Å². The summed E-state index contributed by atoms with van der Waals surface area (Å²) in [5.41, 5.74) is 0. The molecule has 0 radical (unpaired) electrons. The highest BCUT2D eigenvalue weighted by atomic mass is 15.2. The second-order valence-corrected chi connectivity index (χ2v) is 5.46. The van der Waals surface area contributed by atoms with Crippen LogP contribution < -0.4 is 5.32 Å². The molecule has 0 aliphatic heterocycles. The lowest BCUT2D eigenvalue weighted by molar-refractivity contribution is 0.230. The summed E-state index contributed by atoms with van der Waals surface area (Å²) >= 11 is 0. The van der Waals surface area contributed by atoms with Crippen molar-refractivity contribution in [2.75, 3.05) is 19.6 Å². The minimum atomic E-state index is 0.679. The van der Waals surface area contributed by atoms with Crippen molar-refractivity contribution in [1.29, 1.82) is 0 Å². The van der Waals surface area contributed by atoms with Gasteiger partial charge in [0.2, 0.25) is 0 Å². The molecule has 0 aromatic heterocycles. The fourth-order valence-electron chi connectivity index (χ4n) is 2.82. The molecule has 2 atom stereocenters. The first-order chi connectivity index (χ1) is 7.67. The molecule has 0 heterocycles. The Morgan fingerprint density at radius 2 is 2.00 bits per heavy atom. The maximum atomic E-state index is 3.72. The lowest BCUT2D eigenvalue weighted by Crippen LogP contribution is -2.39. The summed E-state index contributed by atoms with van der Waals surface area (Å²) in [6.07, 6.45) is 5.61. The van der Waals surface area contributed by atoms with Gasteiger partial charge in [-0.3, -0.25) is 4.90 Å². The van der Waals surface area contributed by atoms with Gasteiger partial charge in [-0.25, -0.2) is 0 Å². The van der Waals surface area contributed by atoms with Crippen molar-refractivity contribution in [2.45, 2.75) is 65.5 Å². The van der Waals surface area contributed by atoms with Crippen molar-refractivity contribution < 1.29 is 0 Å². The number of nitrogens with zero attached hydrogens (tertiary/aromatic N) is 1. The SMILES string of the molecule is CCC1CCC(NCCN(CC)C(C)C)C1. The van der Waals surface area contributed by atoms with Crippen LogP contribution in [0.5, 0.6) is 0 Å².